The van der Waals surface area contributed by atoms with Crippen LogP contribution < -0.4 is 10.3 Å². The van der Waals surface area contributed by atoms with Crippen molar-refractivity contribution in [3.63, 3.8) is 0 Å². The van der Waals surface area contributed by atoms with Crippen molar-refractivity contribution in [3.05, 3.63) is 56.4 Å². The third kappa shape index (κ3) is 4.61. The van der Waals surface area contributed by atoms with Gasteiger partial charge >= 0.3 is 11.9 Å². The molecule has 0 aliphatic carbocycles. The molecule has 0 spiro atoms. The van der Waals surface area contributed by atoms with Gasteiger partial charge in [-0.1, -0.05) is 13.8 Å². The molecule has 0 atom stereocenters. The molecule has 0 fully saturated rings. The monoisotopic (exact) mass is 444 g/mol. The van der Waals surface area contributed by atoms with Crippen molar-refractivity contribution in [3.8, 4) is 5.75 Å². The number of aryl methyl sites for hydroxylation is 1. The van der Waals surface area contributed by atoms with E-state index in [9.17, 15) is 19.5 Å². The van der Waals surface area contributed by atoms with Crippen LogP contribution in [0.2, 0.25) is 0 Å². The van der Waals surface area contributed by atoms with E-state index in [1.165, 1.54) is 7.11 Å². The molecule has 0 saturated carbocycles. The lowest BCUT2D eigenvalue weighted by molar-refractivity contribution is 0.0599. The molecule has 31 heavy (non-hydrogen) atoms. The largest absolute Gasteiger partial charge is 0.494 e. The van der Waals surface area contributed by atoms with Crippen LogP contribution in [0, 0.1) is 6.92 Å². The molecule has 0 unspecified atom stereocenters. The van der Waals surface area contributed by atoms with Gasteiger partial charge in [0.2, 0.25) is 0 Å². The van der Waals surface area contributed by atoms with Gasteiger partial charge in [0.15, 0.2) is 0 Å². The second kappa shape index (κ2) is 9.30. The highest BCUT2D eigenvalue weighted by molar-refractivity contribution is 7.20. The lowest BCUT2D eigenvalue weighted by Crippen LogP contribution is -2.27. The van der Waals surface area contributed by atoms with Gasteiger partial charge < -0.3 is 14.6 Å². The third-order valence-electron chi connectivity index (χ3n) is 4.86. The fraction of sp³-hybridized carbons (Fsp3) is 0.364. The number of ether oxygens (including phenoxy) is 2. The molecule has 0 saturated heterocycles. The molecule has 0 radical (unpaired) electrons. The Labute approximate surface area is 183 Å². The molecule has 0 aliphatic rings. The molecule has 0 bridgehead atoms. The molecule has 1 N–H and O–H groups in total. The fourth-order valence-corrected chi connectivity index (χ4v) is 4.33. The highest BCUT2D eigenvalue weighted by Crippen LogP contribution is 2.28. The van der Waals surface area contributed by atoms with E-state index in [1.54, 1.807) is 35.8 Å². The zero-order valence-corrected chi connectivity index (χ0v) is 18.6. The standard InChI is InChI=1S/C22H24N2O6S/c1-12(2)18-23-19-16(13(3)17(31-19)21(26)27)20(25)24(18)10-5-11-30-15-8-6-14(7-9-15)22(28)29-4/h6-9,12H,5,10-11H2,1-4H3,(H,26,27). The molecular formula is C22H24N2O6S. The van der Waals surface area contributed by atoms with Crippen molar-refractivity contribution in [2.45, 2.75) is 39.7 Å². The predicted molar refractivity (Wildman–Crippen MR) is 118 cm³/mol. The highest BCUT2D eigenvalue weighted by atomic mass is 32.1. The van der Waals surface area contributed by atoms with Crippen LogP contribution in [-0.4, -0.2) is 40.3 Å². The van der Waals surface area contributed by atoms with Gasteiger partial charge in [0.1, 0.15) is 21.3 Å². The Balaban J connectivity index is 1.77. The van der Waals surface area contributed by atoms with Crippen LogP contribution in [-0.2, 0) is 11.3 Å². The number of benzene rings is 1. The Bertz CT molecular complexity index is 1180. The smallest absolute Gasteiger partial charge is 0.346 e. The zero-order chi connectivity index (χ0) is 22.7. The summed E-state index contributed by atoms with van der Waals surface area (Å²) in [4.78, 5) is 41.3. The number of nitrogens with zero attached hydrogens (tertiary/aromatic N) is 2. The predicted octanol–water partition coefficient (Wildman–Crippen LogP) is 3.84. The zero-order valence-electron chi connectivity index (χ0n) is 17.8. The molecular weight excluding hydrogens is 420 g/mol. The van der Waals surface area contributed by atoms with E-state index < -0.39 is 11.9 Å². The summed E-state index contributed by atoms with van der Waals surface area (Å²) < 4.78 is 12.0. The van der Waals surface area contributed by atoms with E-state index in [0.717, 1.165) is 11.3 Å². The average Bonchev–Trinajstić information content (AvgIpc) is 3.09. The van der Waals surface area contributed by atoms with Crippen molar-refractivity contribution in [1.82, 2.24) is 9.55 Å². The number of carbonyl (C=O) groups is 2. The van der Waals surface area contributed by atoms with Gasteiger partial charge in [-0.05, 0) is 43.2 Å². The van der Waals surface area contributed by atoms with Crippen LogP contribution in [0.1, 0.15) is 57.6 Å². The lowest BCUT2D eigenvalue weighted by Gasteiger charge is -2.15. The van der Waals surface area contributed by atoms with Gasteiger partial charge in [-0.25, -0.2) is 14.6 Å². The van der Waals surface area contributed by atoms with E-state index in [-0.39, 0.29) is 16.4 Å². The van der Waals surface area contributed by atoms with Gasteiger partial charge in [0.25, 0.3) is 5.56 Å². The average molecular weight is 445 g/mol. The SMILES string of the molecule is COC(=O)c1ccc(OCCCn2c(C(C)C)nc3sc(C(=O)O)c(C)c3c2=O)cc1. The van der Waals surface area contributed by atoms with E-state index in [0.29, 0.717) is 52.5 Å². The molecule has 1 aromatic carbocycles. The first kappa shape index (κ1) is 22.5. The van der Waals surface area contributed by atoms with Crippen molar-refractivity contribution < 1.29 is 24.2 Å². The Morgan fingerprint density at radius 3 is 2.48 bits per heavy atom. The summed E-state index contributed by atoms with van der Waals surface area (Å²) in [5.41, 5.74) is 0.669. The van der Waals surface area contributed by atoms with E-state index in [1.807, 2.05) is 13.8 Å². The van der Waals surface area contributed by atoms with Crippen molar-refractivity contribution in [1.29, 1.82) is 0 Å². The van der Waals surface area contributed by atoms with Gasteiger partial charge in [-0.3, -0.25) is 9.36 Å². The number of esters is 1. The first-order chi connectivity index (χ1) is 14.7. The number of aromatic carboxylic acids is 1. The van der Waals surface area contributed by atoms with Crippen LogP contribution in [0.25, 0.3) is 10.2 Å². The number of hydrogen-bond donors (Lipinski definition) is 1. The first-order valence-corrected chi connectivity index (χ1v) is 10.6. The van der Waals surface area contributed by atoms with E-state index in [4.69, 9.17) is 4.74 Å². The molecule has 2 aromatic heterocycles. The summed E-state index contributed by atoms with van der Waals surface area (Å²) in [5, 5.41) is 9.75. The number of fused-ring (bicyclic) bond motifs is 1. The second-order valence-electron chi connectivity index (χ2n) is 7.34. The molecule has 3 aromatic rings. The first-order valence-electron chi connectivity index (χ1n) is 9.82. The number of carboxylic acids is 1. The topological polar surface area (TPSA) is 108 Å². The quantitative estimate of drug-likeness (QED) is 0.415. The summed E-state index contributed by atoms with van der Waals surface area (Å²) in [7, 11) is 1.33. The van der Waals surface area contributed by atoms with Crippen LogP contribution in [0.3, 0.4) is 0 Å². The maximum Gasteiger partial charge on any atom is 0.346 e. The van der Waals surface area contributed by atoms with E-state index in [2.05, 4.69) is 9.72 Å². The number of carbonyl (C=O) groups excluding carboxylic acids is 1. The molecule has 3 rings (SSSR count). The normalized spacial score (nSPS) is 11.1. The Morgan fingerprint density at radius 1 is 1.23 bits per heavy atom. The summed E-state index contributed by atoms with van der Waals surface area (Å²) in [6.45, 7) is 6.30. The number of methoxy groups -OCH3 is 1. The minimum absolute atomic E-state index is 0.000400. The minimum Gasteiger partial charge on any atom is -0.494 e. The van der Waals surface area contributed by atoms with Crippen LogP contribution in [0.5, 0.6) is 5.75 Å². The summed E-state index contributed by atoms with van der Waals surface area (Å²) in [6, 6.07) is 6.63. The van der Waals surface area contributed by atoms with E-state index >= 15 is 0 Å². The van der Waals surface area contributed by atoms with Crippen LogP contribution >= 0.6 is 11.3 Å². The minimum atomic E-state index is -1.05. The van der Waals surface area contributed by atoms with Gasteiger partial charge in [-0.2, -0.15) is 0 Å². The number of hydrogen-bond acceptors (Lipinski definition) is 7. The third-order valence-corrected chi connectivity index (χ3v) is 6.03. The van der Waals surface area contributed by atoms with Gasteiger partial charge in [0.05, 0.1) is 24.7 Å². The van der Waals surface area contributed by atoms with Crippen LogP contribution in [0.15, 0.2) is 29.1 Å². The van der Waals surface area contributed by atoms with Crippen LogP contribution in [0.4, 0.5) is 0 Å². The molecule has 2 heterocycles. The summed E-state index contributed by atoms with van der Waals surface area (Å²) >= 11 is 1.04. The Kier molecular flexibility index (Phi) is 6.74. The summed E-state index contributed by atoms with van der Waals surface area (Å²) in [5.74, 6) is -0.232. The van der Waals surface area contributed by atoms with Gasteiger partial charge in [0, 0.05) is 12.5 Å². The van der Waals surface area contributed by atoms with Crippen molar-refractivity contribution in [2.75, 3.05) is 13.7 Å². The number of aromatic nitrogens is 2. The maximum absolute atomic E-state index is 13.2. The van der Waals surface area contributed by atoms with Crippen molar-refractivity contribution >= 4 is 33.5 Å². The summed E-state index contributed by atoms with van der Waals surface area (Å²) in [6.07, 6.45) is 0.556. The highest BCUT2D eigenvalue weighted by Gasteiger charge is 2.22. The molecule has 9 heteroatoms. The van der Waals surface area contributed by atoms with Crippen molar-refractivity contribution in [2.24, 2.45) is 0 Å². The Morgan fingerprint density at radius 2 is 1.90 bits per heavy atom. The van der Waals surface area contributed by atoms with Gasteiger partial charge in [-0.15, -0.1) is 11.3 Å². The molecule has 8 nitrogen and oxygen atoms in total. The maximum atomic E-state index is 13.2. The number of carboxylic acid groups (broad SMARTS) is 1. The number of thiophene rings is 1. The lowest BCUT2D eigenvalue weighted by atomic mass is 10.1. The second-order valence-corrected chi connectivity index (χ2v) is 8.34. The molecule has 0 amide bonds. The number of rotatable bonds is 8. The Hall–Kier alpha value is -3.20. The molecule has 164 valence electrons. The fourth-order valence-electron chi connectivity index (χ4n) is 3.31. The molecule has 0 aliphatic heterocycles.